The van der Waals surface area contributed by atoms with Crippen LogP contribution >= 0.6 is 11.3 Å². The minimum absolute atomic E-state index is 0.482. The molecule has 0 saturated heterocycles. The van der Waals surface area contributed by atoms with Crippen molar-refractivity contribution in [2.24, 2.45) is 11.8 Å². The van der Waals surface area contributed by atoms with Crippen molar-refractivity contribution < 1.29 is 0 Å². The van der Waals surface area contributed by atoms with Crippen molar-refractivity contribution in [1.29, 1.82) is 0 Å². The Bertz CT molecular complexity index is 366. The average Bonchev–Trinajstić information content (AvgIpc) is 2.66. The van der Waals surface area contributed by atoms with Gasteiger partial charge in [0.05, 0.1) is 11.7 Å². The van der Waals surface area contributed by atoms with Crippen molar-refractivity contribution in [3.63, 3.8) is 0 Å². The van der Waals surface area contributed by atoms with Crippen LogP contribution in [0.5, 0.6) is 0 Å². The molecule has 0 bridgehead atoms. The van der Waals surface area contributed by atoms with Crippen LogP contribution in [-0.4, -0.2) is 11.5 Å². The van der Waals surface area contributed by atoms with Crippen LogP contribution in [0.25, 0.3) is 0 Å². The monoisotopic (exact) mass is 266 g/mol. The van der Waals surface area contributed by atoms with Gasteiger partial charge in [0.25, 0.3) is 0 Å². The van der Waals surface area contributed by atoms with E-state index in [-0.39, 0.29) is 0 Å². The SMILES string of the molecule is CCNC(c1nc(C)c(C)s1)C1CCCC(C)C1. The van der Waals surface area contributed by atoms with Crippen molar-refractivity contribution in [2.45, 2.75) is 59.4 Å². The van der Waals surface area contributed by atoms with Gasteiger partial charge >= 0.3 is 0 Å². The van der Waals surface area contributed by atoms with Crippen LogP contribution in [0.1, 0.15) is 61.2 Å². The minimum atomic E-state index is 0.482. The maximum atomic E-state index is 4.79. The molecule has 1 aliphatic rings. The van der Waals surface area contributed by atoms with Crippen LogP contribution < -0.4 is 5.32 Å². The first-order valence-corrected chi connectivity index (χ1v) is 8.10. The summed E-state index contributed by atoms with van der Waals surface area (Å²) in [5.41, 5.74) is 1.21. The smallest absolute Gasteiger partial charge is 0.110 e. The molecule has 0 aliphatic heterocycles. The molecule has 18 heavy (non-hydrogen) atoms. The maximum absolute atomic E-state index is 4.79. The molecule has 2 rings (SSSR count). The fraction of sp³-hybridized carbons (Fsp3) is 0.800. The maximum Gasteiger partial charge on any atom is 0.110 e. The second-order valence-corrected chi connectivity index (χ2v) is 7.00. The summed E-state index contributed by atoms with van der Waals surface area (Å²) in [5.74, 6) is 1.66. The van der Waals surface area contributed by atoms with E-state index in [9.17, 15) is 0 Å². The summed E-state index contributed by atoms with van der Waals surface area (Å²) in [6.45, 7) is 9.94. The molecule has 1 aliphatic carbocycles. The largest absolute Gasteiger partial charge is 0.308 e. The van der Waals surface area contributed by atoms with Gasteiger partial charge in [-0.1, -0.05) is 26.7 Å². The van der Waals surface area contributed by atoms with E-state index in [4.69, 9.17) is 4.98 Å². The lowest BCUT2D eigenvalue weighted by molar-refractivity contribution is 0.225. The molecule has 1 N–H and O–H groups in total. The number of thiazole rings is 1. The number of nitrogens with one attached hydrogen (secondary N) is 1. The second kappa shape index (κ2) is 6.16. The first-order valence-electron chi connectivity index (χ1n) is 7.29. The molecular formula is C15H26N2S. The minimum Gasteiger partial charge on any atom is -0.308 e. The second-order valence-electron chi connectivity index (χ2n) is 5.76. The summed E-state index contributed by atoms with van der Waals surface area (Å²) in [6, 6.07) is 0.482. The van der Waals surface area contributed by atoms with E-state index in [1.807, 2.05) is 11.3 Å². The lowest BCUT2D eigenvalue weighted by Crippen LogP contribution is -2.31. The fourth-order valence-corrected chi connectivity index (χ4v) is 4.18. The standard InChI is InChI=1S/C15H26N2S/c1-5-16-14(13-8-6-7-10(2)9-13)15-17-11(3)12(4)18-15/h10,13-14,16H,5-9H2,1-4H3. The van der Waals surface area contributed by atoms with Crippen LogP contribution in [0, 0.1) is 25.7 Å². The van der Waals surface area contributed by atoms with Gasteiger partial charge in [-0.25, -0.2) is 4.98 Å². The number of rotatable bonds is 4. The van der Waals surface area contributed by atoms with Crippen LogP contribution in [-0.2, 0) is 0 Å². The van der Waals surface area contributed by atoms with E-state index in [0.717, 1.165) is 18.4 Å². The van der Waals surface area contributed by atoms with E-state index < -0.39 is 0 Å². The zero-order valence-corrected chi connectivity index (χ0v) is 12.9. The Balaban J connectivity index is 2.16. The fourth-order valence-electron chi connectivity index (χ4n) is 3.09. The van der Waals surface area contributed by atoms with Gasteiger partial charge in [-0.15, -0.1) is 11.3 Å². The highest BCUT2D eigenvalue weighted by Gasteiger charge is 2.29. The summed E-state index contributed by atoms with van der Waals surface area (Å²) in [6.07, 6.45) is 5.51. The molecule has 0 radical (unpaired) electrons. The molecule has 0 spiro atoms. The van der Waals surface area contributed by atoms with E-state index in [0.29, 0.717) is 6.04 Å². The Morgan fingerprint density at radius 3 is 2.72 bits per heavy atom. The highest BCUT2D eigenvalue weighted by atomic mass is 32.1. The molecule has 3 unspecified atom stereocenters. The van der Waals surface area contributed by atoms with Gasteiger partial charge in [0.1, 0.15) is 5.01 Å². The third-order valence-corrected chi connectivity index (χ3v) is 5.34. The van der Waals surface area contributed by atoms with Crippen LogP contribution in [0.3, 0.4) is 0 Å². The number of aryl methyl sites for hydroxylation is 2. The quantitative estimate of drug-likeness (QED) is 0.882. The zero-order valence-electron chi connectivity index (χ0n) is 12.1. The van der Waals surface area contributed by atoms with E-state index >= 15 is 0 Å². The third-order valence-electron chi connectivity index (χ3n) is 4.18. The number of hydrogen-bond acceptors (Lipinski definition) is 3. The normalized spacial score (nSPS) is 26.2. The summed E-state index contributed by atoms with van der Waals surface area (Å²) < 4.78 is 0. The highest BCUT2D eigenvalue weighted by Crippen LogP contribution is 2.38. The van der Waals surface area contributed by atoms with Crippen molar-refractivity contribution >= 4 is 11.3 Å². The molecule has 0 aromatic carbocycles. The molecule has 1 aromatic heterocycles. The van der Waals surface area contributed by atoms with Crippen LogP contribution in [0.15, 0.2) is 0 Å². The van der Waals surface area contributed by atoms with Gasteiger partial charge < -0.3 is 5.32 Å². The molecule has 3 atom stereocenters. The lowest BCUT2D eigenvalue weighted by Gasteiger charge is -2.32. The molecule has 1 aromatic rings. The molecule has 1 fully saturated rings. The summed E-state index contributed by atoms with van der Waals surface area (Å²) in [7, 11) is 0. The molecular weight excluding hydrogens is 240 g/mol. The number of nitrogens with zero attached hydrogens (tertiary/aromatic N) is 1. The molecule has 1 heterocycles. The van der Waals surface area contributed by atoms with Gasteiger partial charge in [-0.3, -0.25) is 0 Å². The van der Waals surface area contributed by atoms with Gasteiger partial charge in [0.2, 0.25) is 0 Å². The zero-order chi connectivity index (χ0) is 13.1. The Morgan fingerprint density at radius 2 is 2.17 bits per heavy atom. The molecule has 1 saturated carbocycles. The van der Waals surface area contributed by atoms with E-state index in [2.05, 4.69) is 33.0 Å². The van der Waals surface area contributed by atoms with Gasteiger partial charge in [-0.05, 0) is 45.1 Å². The van der Waals surface area contributed by atoms with E-state index in [1.165, 1.54) is 41.3 Å². The lowest BCUT2D eigenvalue weighted by atomic mass is 9.78. The molecule has 0 amide bonds. The molecule has 2 nitrogen and oxygen atoms in total. The van der Waals surface area contributed by atoms with Crippen molar-refractivity contribution in [3.05, 3.63) is 15.6 Å². The molecule has 3 heteroatoms. The summed E-state index contributed by atoms with van der Waals surface area (Å²) in [5, 5.41) is 4.99. The van der Waals surface area contributed by atoms with Gasteiger partial charge in [-0.2, -0.15) is 0 Å². The van der Waals surface area contributed by atoms with Crippen LogP contribution in [0.4, 0.5) is 0 Å². The Hall–Kier alpha value is -0.410. The first kappa shape index (κ1) is 14.0. The summed E-state index contributed by atoms with van der Waals surface area (Å²) >= 11 is 1.88. The van der Waals surface area contributed by atoms with E-state index in [1.54, 1.807) is 0 Å². The van der Waals surface area contributed by atoms with Crippen molar-refractivity contribution in [3.8, 4) is 0 Å². The van der Waals surface area contributed by atoms with Gasteiger partial charge in [0.15, 0.2) is 0 Å². The number of aromatic nitrogens is 1. The predicted molar refractivity (Wildman–Crippen MR) is 79.1 cm³/mol. The predicted octanol–water partition coefficient (Wildman–Crippen LogP) is 4.24. The Labute approximate surface area is 115 Å². The average molecular weight is 266 g/mol. The van der Waals surface area contributed by atoms with Crippen LogP contribution in [0.2, 0.25) is 0 Å². The highest BCUT2D eigenvalue weighted by molar-refractivity contribution is 7.11. The molecule has 102 valence electrons. The van der Waals surface area contributed by atoms with Crippen molar-refractivity contribution in [1.82, 2.24) is 10.3 Å². The third kappa shape index (κ3) is 3.12. The Morgan fingerprint density at radius 1 is 1.39 bits per heavy atom. The van der Waals surface area contributed by atoms with Gasteiger partial charge in [0, 0.05) is 4.88 Å². The Kier molecular flexibility index (Phi) is 4.79. The topological polar surface area (TPSA) is 24.9 Å². The number of hydrogen-bond donors (Lipinski definition) is 1. The van der Waals surface area contributed by atoms with Crippen molar-refractivity contribution in [2.75, 3.05) is 6.54 Å². The first-order chi connectivity index (χ1) is 8.61. The summed E-state index contributed by atoms with van der Waals surface area (Å²) in [4.78, 5) is 6.16.